The van der Waals surface area contributed by atoms with E-state index in [1.165, 1.54) is 17.8 Å². The normalized spacial score (nSPS) is 26.1. The van der Waals surface area contributed by atoms with Crippen molar-refractivity contribution in [3.63, 3.8) is 0 Å². The highest BCUT2D eigenvalue weighted by Crippen LogP contribution is 2.71. The first-order valence-corrected chi connectivity index (χ1v) is 18.0. The van der Waals surface area contributed by atoms with Crippen LogP contribution in [0.15, 0.2) is 48.8 Å². The number of esters is 3. The minimum absolute atomic E-state index is 0.000988. The van der Waals surface area contributed by atoms with Crippen molar-refractivity contribution >= 4 is 37.0 Å². The van der Waals surface area contributed by atoms with E-state index >= 15 is 0 Å². The molecule has 2 fully saturated rings. The van der Waals surface area contributed by atoms with Crippen LogP contribution < -0.4 is 15.3 Å². The van der Waals surface area contributed by atoms with Gasteiger partial charge in [-0.25, -0.2) is 14.1 Å². The smallest absolute Gasteiger partial charge is 0.459 e. The lowest BCUT2D eigenvalue weighted by Gasteiger charge is -2.30. The van der Waals surface area contributed by atoms with Crippen LogP contribution in [-0.4, -0.2) is 68.6 Å². The highest BCUT2D eigenvalue weighted by atomic mass is 31.2. The molecular weight excluding hydrogens is 657 g/mol. The molecule has 3 heterocycles. The second-order valence-corrected chi connectivity index (χ2v) is 13.9. The Morgan fingerprint density at radius 2 is 1.76 bits per heavy atom. The summed E-state index contributed by atoms with van der Waals surface area (Å²) >= 11 is 0. The molecule has 49 heavy (non-hydrogen) atoms. The molecular formula is C33H44N5O10P. The molecule has 0 spiro atoms. The fourth-order valence-electron chi connectivity index (χ4n) is 6.09. The largest absolute Gasteiger partial charge is 0.464 e. The number of nitrogen functional groups attached to an aromatic ring is 1. The molecule has 3 N–H and O–H groups in total. The molecule has 1 saturated heterocycles. The van der Waals surface area contributed by atoms with Crippen LogP contribution in [0.3, 0.4) is 0 Å². The second kappa shape index (κ2) is 14.4. The van der Waals surface area contributed by atoms with Gasteiger partial charge >= 0.3 is 25.7 Å². The van der Waals surface area contributed by atoms with E-state index < -0.39 is 61.2 Å². The van der Waals surface area contributed by atoms with Gasteiger partial charge < -0.3 is 29.2 Å². The average Bonchev–Trinajstić information content (AvgIpc) is 3.35. The van der Waals surface area contributed by atoms with Crippen LogP contribution in [0, 0.1) is 5.92 Å². The van der Waals surface area contributed by atoms with Gasteiger partial charge in [-0.05, 0) is 44.0 Å². The Morgan fingerprint density at radius 3 is 2.41 bits per heavy atom. The number of nitrogens with zero attached hydrogens (tertiary/aromatic N) is 3. The SMILES string of the molecule is CCC(=O)O[C@H]1[C@H](c2ccc3c(N)ncnn23)O[C@]2(C)C(OP(=O)(N[C@@H](C)C(=O)OCC(CC)CC)Oc3ccccc3)[C@]12OC(=O)CC. The summed E-state index contributed by atoms with van der Waals surface area (Å²) < 4.78 is 52.5. The quantitative estimate of drug-likeness (QED) is 0.119. The molecule has 15 nitrogen and oxygen atoms in total. The first-order chi connectivity index (χ1) is 23.4. The Bertz CT molecular complexity index is 1720. The van der Waals surface area contributed by atoms with Crippen molar-refractivity contribution in [1.82, 2.24) is 19.7 Å². The van der Waals surface area contributed by atoms with Gasteiger partial charge in [0.05, 0.1) is 12.3 Å². The molecule has 266 valence electrons. The van der Waals surface area contributed by atoms with Gasteiger partial charge in [-0.2, -0.15) is 10.2 Å². The Kier molecular flexibility index (Phi) is 10.7. The average molecular weight is 702 g/mol. The lowest BCUT2D eigenvalue weighted by molar-refractivity contribution is -0.177. The third-order valence-electron chi connectivity index (χ3n) is 9.11. The predicted octanol–water partition coefficient (Wildman–Crippen LogP) is 4.70. The Morgan fingerprint density at radius 1 is 1.06 bits per heavy atom. The molecule has 2 unspecified atom stereocenters. The van der Waals surface area contributed by atoms with Crippen LogP contribution in [0.1, 0.15) is 79.0 Å². The standard InChI is InChI=1S/C33H44N5O10P/c1-7-21(8-2)18-43-30(41)20(5)37-49(42,47-22-14-12-11-13-15-22)48-31-32(6)33(31,45-26(40)10-4)28(44-25(39)9-3)27(46-32)23-16-17-24-29(34)35-19-36-38(23)24/h11-17,19-21,27-28,31H,7-10,18H2,1-6H3,(H,37,42)(H2,34,35,36)/t20-,27-,28-,31?,32+,33+,49?/m0/s1. The molecule has 2 aromatic heterocycles. The number of fused-ring (bicyclic) bond motifs is 2. The number of aromatic nitrogens is 3. The summed E-state index contributed by atoms with van der Waals surface area (Å²) in [6.07, 6.45) is -0.703. The first-order valence-electron chi connectivity index (χ1n) is 16.5. The number of nitrogens with one attached hydrogen (secondary N) is 1. The van der Waals surface area contributed by atoms with Crippen molar-refractivity contribution in [2.24, 2.45) is 5.92 Å². The molecule has 2 aliphatic rings. The maximum atomic E-state index is 14.7. The molecule has 0 amide bonds. The van der Waals surface area contributed by atoms with Crippen molar-refractivity contribution in [3.8, 4) is 5.75 Å². The Hall–Kier alpha value is -4.04. The summed E-state index contributed by atoms with van der Waals surface area (Å²) in [5.41, 5.74) is 3.69. The Balaban J connectivity index is 1.52. The van der Waals surface area contributed by atoms with E-state index in [4.69, 9.17) is 33.7 Å². The van der Waals surface area contributed by atoms with Gasteiger partial charge in [0, 0.05) is 12.8 Å². The van der Waals surface area contributed by atoms with E-state index in [0.717, 1.165) is 12.8 Å². The zero-order valence-electron chi connectivity index (χ0n) is 28.5. The van der Waals surface area contributed by atoms with Crippen LogP contribution in [0.4, 0.5) is 5.82 Å². The van der Waals surface area contributed by atoms with Crippen LogP contribution in [-0.2, 0) is 42.4 Å². The second-order valence-electron chi connectivity index (χ2n) is 12.3. The van der Waals surface area contributed by atoms with Gasteiger partial charge in [-0.15, -0.1) is 0 Å². The molecule has 3 aromatic rings. The number of anilines is 1. The minimum atomic E-state index is -4.50. The summed E-state index contributed by atoms with van der Waals surface area (Å²) in [5.74, 6) is -1.34. The lowest BCUT2D eigenvalue weighted by atomic mass is 10.0. The topological polar surface area (TPSA) is 192 Å². The highest BCUT2D eigenvalue weighted by molar-refractivity contribution is 7.52. The maximum Gasteiger partial charge on any atom is 0.459 e. The number of benzene rings is 1. The molecule has 0 radical (unpaired) electrons. The third-order valence-corrected chi connectivity index (χ3v) is 10.8. The molecule has 0 bridgehead atoms. The van der Waals surface area contributed by atoms with E-state index in [0.29, 0.717) is 11.2 Å². The molecule has 1 aliphatic heterocycles. The van der Waals surface area contributed by atoms with Crippen molar-refractivity contribution in [1.29, 1.82) is 0 Å². The van der Waals surface area contributed by atoms with Crippen LogP contribution in [0.25, 0.3) is 5.52 Å². The number of carbonyl (C=O) groups is 3. The van der Waals surface area contributed by atoms with E-state index in [-0.39, 0.29) is 36.9 Å². The molecule has 5 rings (SSSR count). The molecule has 16 heteroatoms. The van der Waals surface area contributed by atoms with Crippen molar-refractivity contribution in [2.45, 2.75) is 103 Å². The van der Waals surface area contributed by atoms with Gasteiger partial charge in [0.1, 0.15) is 41.4 Å². The summed E-state index contributed by atoms with van der Waals surface area (Å²) in [4.78, 5) is 43.0. The summed E-state index contributed by atoms with van der Waals surface area (Å²) in [7, 11) is -4.50. The monoisotopic (exact) mass is 701 g/mol. The first kappa shape index (κ1) is 36.2. The van der Waals surface area contributed by atoms with Gasteiger partial charge in [-0.3, -0.25) is 18.9 Å². The van der Waals surface area contributed by atoms with E-state index in [9.17, 15) is 18.9 Å². The van der Waals surface area contributed by atoms with Gasteiger partial charge in [0.25, 0.3) is 0 Å². The van der Waals surface area contributed by atoms with Crippen LogP contribution >= 0.6 is 7.75 Å². The van der Waals surface area contributed by atoms with Gasteiger partial charge in [0.15, 0.2) is 11.9 Å². The molecule has 1 aliphatic carbocycles. The minimum Gasteiger partial charge on any atom is -0.464 e. The van der Waals surface area contributed by atoms with Gasteiger partial charge in [0.2, 0.25) is 5.60 Å². The summed E-state index contributed by atoms with van der Waals surface area (Å²) in [6, 6.07) is 10.5. The lowest BCUT2D eigenvalue weighted by Crippen LogP contribution is -2.43. The van der Waals surface area contributed by atoms with Crippen molar-refractivity contribution < 1.29 is 46.9 Å². The zero-order valence-corrected chi connectivity index (χ0v) is 29.4. The third kappa shape index (κ3) is 6.89. The fraction of sp³-hybridized carbons (Fsp3) is 0.545. The molecule has 1 saturated carbocycles. The van der Waals surface area contributed by atoms with Gasteiger partial charge in [-0.1, -0.05) is 58.7 Å². The van der Waals surface area contributed by atoms with Crippen LogP contribution in [0.2, 0.25) is 0 Å². The number of ether oxygens (including phenoxy) is 4. The number of hydrogen-bond donors (Lipinski definition) is 2. The number of rotatable bonds is 16. The fourth-order valence-corrected chi connectivity index (χ4v) is 7.86. The number of nitrogens with two attached hydrogens (primary N) is 1. The number of hydrogen-bond acceptors (Lipinski definition) is 13. The predicted molar refractivity (Wildman–Crippen MR) is 176 cm³/mol. The summed E-state index contributed by atoms with van der Waals surface area (Å²) in [5, 5.41) is 7.00. The van der Waals surface area contributed by atoms with Crippen LogP contribution in [0.5, 0.6) is 5.75 Å². The number of carbonyl (C=O) groups excluding carboxylic acids is 3. The molecule has 7 atom stereocenters. The maximum absolute atomic E-state index is 14.7. The summed E-state index contributed by atoms with van der Waals surface area (Å²) in [6.45, 7) is 10.5. The number of para-hydroxylation sites is 1. The van der Waals surface area contributed by atoms with E-state index in [1.54, 1.807) is 63.2 Å². The highest BCUT2D eigenvalue weighted by Gasteiger charge is 2.91. The van der Waals surface area contributed by atoms with Crippen molar-refractivity contribution in [2.75, 3.05) is 12.3 Å². The van der Waals surface area contributed by atoms with E-state index in [1.807, 2.05) is 13.8 Å². The van der Waals surface area contributed by atoms with E-state index in [2.05, 4.69) is 15.2 Å². The molecule has 1 aromatic carbocycles. The Labute approximate surface area is 284 Å². The van der Waals surface area contributed by atoms with Crippen molar-refractivity contribution in [3.05, 3.63) is 54.5 Å². The zero-order chi connectivity index (χ0) is 35.6.